The molecule has 0 bridgehead atoms. The van der Waals surface area contributed by atoms with E-state index in [0.717, 1.165) is 28.4 Å². The highest BCUT2D eigenvalue weighted by Gasteiger charge is 2.33. The molecule has 1 heterocycles. The van der Waals surface area contributed by atoms with Crippen LogP contribution in [-0.4, -0.2) is 57.4 Å². The molecule has 226 valence electrons. The summed E-state index contributed by atoms with van der Waals surface area (Å²) in [4.78, 5) is 46.8. The van der Waals surface area contributed by atoms with Crippen molar-refractivity contribution in [2.45, 2.75) is 33.4 Å². The standard InChI is InChI=1S/C29H34F2N4O6S/c1-6-15-41-29(38)35(17-20-22(30)9-8-10-23(20)31)26-24(27(36)40-7-2)21(16-34(3)4)25(42-26)18-11-13-19(14-12-18)32-28(37)33-39-5/h8-14H,6-7,15-17H2,1-5H3,(H2,32,33,37). The maximum atomic E-state index is 14.8. The summed E-state index contributed by atoms with van der Waals surface area (Å²) >= 11 is 1.10. The number of carbonyl (C=O) groups is 3. The molecular formula is C29H34F2N4O6S. The fourth-order valence-corrected chi connectivity index (χ4v) is 5.33. The van der Waals surface area contributed by atoms with Crippen LogP contribution in [0.2, 0.25) is 0 Å². The van der Waals surface area contributed by atoms with Gasteiger partial charge in [0.1, 0.15) is 16.6 Å². The van der Waals surface area contributed by atoms with Crippen LogP contribution < -0.4 is 15.7 Å². The number of benzene rings is 2. The van der Waals surface area contributed by atoms with Crippen LogP contribution in [0, 0.1) is 11.6 Å². The Balaban J connectivity index is 2.23. The molecule has 2 N–H and O–H groups in total. The average Bonchev–Trinajstić information content (AvgIpc) is 3.30. The van der Waals surface area contributed by atoms with Crippen LogP contribution in [0.1, 0.15) is 41.8 Å². The summed E-state index contributed by atoms with van der Waals surface area (Å²) in [5, 5.41) is 2.75. The van der Waals surface area contributed by atoms with Gasteiger partial charge in [-0.3, -0.25) is 9.74 Å². The first kappa shape index (κ1) is 32.4. The van der Waals surface area contributed by atoms with Crippen LogP contribution >= 0.6 is 11.3 Å². The van der Waals surface area contributed by atoms with Crippen molar-refractivity contribution in [3.05, 3.63) is 70.8 Å². The van der Waals surface area contributed by atoms with Gasteiger partial charge < -0.3 is 19.7 Å². The highest BCUT2D eigenvalue weighted by molar-refractivity contribution is 7.20. The molecule has 0 aliphatic carbocycles. The van der Waals surface area contributed by atoms with E-state index in [1.807, 2.05) is 25.9 Å². The number of nitrogens with one attached hydrogen (secondary N) is 2. The summed E-state index contributed by atoms with van der Waals surface area (Å²) in [5.74, 6) is -2.37. The number of amides is 3. The summed E-state index contributed by atoms with van der Waals surface area (Å²) in [7, 11) is 4.95. The lowest BCUT2D eigenvalue weighted by molar-refractivity contribution is 0.0526. The third-order valence-corrected chi connectivity index (χ3v) is 7.12. The summed E-state index contributed by atoms with van der Waals surface area (Å²) in [6.45, 7) is 3.36. The van der Waals surface area contributed by atoms with Crippen LogP contribution in [0.4, 0.5) is 29.1 Å². The molecule has 0 fully saturated rings. The third kappa shape index (κ3) is 8.02. The molecular weight excluding hydrogens is 570 g/mol. The van der Waals surface area contributed by atoms with Gasteiger partial charge in [-0.05, 0) is 57.3 Å². The molecule has 0 saturated carbocycles. The van der Waals surface area contributed by atoms with Crippen molar-refractivity contribution in [3.8, 4) is 10.4 Å². The molecule has 10 nitrogen and oxygen atoms in total. The minimum absolute atomic E-state index is 0.0665. The summed E-state index contributed by atoms with van der Waals surface area (Å²) in [6.07, 6.45) is -0.346. The second-order valence-corrected chi connectivity index (χ2v) is 10.3. The molecule has 3 rings (SSSR count). The summed E-state index contributed by atoms with van der Waals surface area (Å²) < 4.78 is 40.3. The maximum absolute atomic E-state index is 14.8. The van der Waals surface area contributed by atoms with Crippen LogP contribution in [-0.2, 0) is 27.4 Å². The van der Waals surface area contributed by atoms with Gasteiger partial charge in [0.2, 0.25) is 0 Å². The first-order valence-corrected chi connectivity index (χ1v) is 14.0. The SMILES string of the molecule is CCCOC(=O)N(Cc1c(F)cccc1F)c1sc(-c2ccc(NC(=O)NOC)cc2)c(CN(C)C)c1C(=O)OCC. The van der Waals surface area contributed by atoms with Gasteiger partial charge in [-0.2, -0.15) is 0 Å². The van der Waals surface area contributed by atoms with Crippen LogP contribution in [0.25, 0.3) is 10.4 Å². The van der Waals surface area contributed by atoms with Crippen molar-refractivity contribution in [1.82, 2.24) is 10.4 Å². The smallest absolute Gasteiger partial charge is 0.415 e. The molecule has 0 radical (unpaired) electrons. The Morgan fingerprint density at radius 2 is 1.60 bits per heavy atom. The highest BCUT2D eigenvalue weighted by Crippen LogP contribution is 2.44. The van der Waals surface area contributed by atoms with E-state index in [-0.39, 0.29) is 35.9 Å². The zero-order valence-electron chi connectivity index (χ0n) is 24.1. The van der Waals surface area contributed by atoms with Crippen molar-refractivity contribution >= 4 is 40.1 Å². The Bertz CT molecular complexity index is 1380. The topological polar surface area (TPSA) is 109 Å². The number of anilines is 2. The van der Waals surface area contributed by atoms with Crippen LogP contribution in [0.15, 0.2) is 42.5 Å². The Labute approximate surface area is 247 Å². The van der Waals surface area contributed by atoms with Gasteiger partial charge in [0.15, 0.2) is 0 Å². The highest BCUT2D eigenvalue weighted by atomic mass is 32.1. The lowest BCUT2D eigenvalue weighted by Crippen LogP contribution is -2.33. The molecule has 1 aromatic heterocycles. The van der Waals surface area contributed by atoms with E-state index in [2.05, 4.69) is 15.6 Å². The van der Waals surface area contributed by atoms with Gasteiger partial charge in [0, 0.05) is 28.2 Å². The molecule has 13 heteroatoms. The van der Waals surface area contributed by atoms with E-state index in [9.17, 15) is 23.2 Å². The zero-order valence-corrected chi connectivity index (χ0v) is 24.9. The summed E-state index contributed by atoms with van der Waals surface area (Å²) in [5.41, 5.74) is 3.61. The number of hydrogen-bond donors (Lipinski definition) is 2. The number of urea groups is 1. The fraction of sp³-hybridized carbons (Fsp3) is 0.345. The van der Waals surface area contributed by atoms with Crippen molar-refractivity contribution in [2.75, 3.05) is 44.6 Å². The van der Waals surface area contributed by atoms with Gasteiger partial charge >= 0.3 is 18.1 Å². The first-order chi connectivity index (χ1) is 20.1. The molecule has 3 aromatic rings. The number of halogens is 2. The molecule has 42 heavy (non-hydrogen) atoms. The van der Waals surface area contributed by atoms with E-state index >= 15 is 0 Å². The number of hydrogen-bond acceptors (Lipinski definition) is 8. The summed E-state index contributed by atoms with van der Waals surface area (Å²) in [6, 6.07) is 9.66. The van der Waals surface area contributed by atoms with Gasteiger partial charge in [0.05, 0.1) is 32.4 Å². The van der Waals surface area contributed by atoms with E-state index in [1.165, 1.54) is 13.2 Å². The number of nitrogens with zero attached hydrogens (tertiary/aromatic N) is 2. The number of rotatable bonds is 12. The van der Waals surface area contributed by atoms with Gasteiger partial charge in [-0.25, -0.2) is 28.6 Å². The van der Waals surface area contributed by atoms with Gasteiger partial charge in [-0.15, -0.1) is 11.3 Å². The number of esters is 1. The molecule has 3 amide bonds. The average molecular weight is 605 g/mol. The molecule has 0 unspecified atom stereocenters. The lowest BCUT2D eigenvalue weighted by atomic mass is 10.0. The predicted molar refractivity (Wildman–Crippen MR) is 156 cm³/mol. The van der Waals surface area contributed by atoms with Gasteiger partial charge in [0.25, 0.3) is 0 Å². The van der Waals surface area contributed by atoms with Gasteiger partial charge in [-0.1, -0.05) is 25.1 Å². The van der Waals surface area contributed by atoms with E-state index in [4.69, 9.17) is 9.47 Å². The molecule has 0 saturated heterocycles. The molecule has 0 atom stereocenters. The Morgan fingerprint density at radius 1 is 0.929 bits per heavy atom. The molecule has 0 aliphatic rings. The van der Waals surface area contributed by atoms with E-state index in [0.29, 0.717) is 28.1 Å². The largest absolute Gasteiger partial charge is 0.462 e. The van der Waals surface area contributed by atoms with Crippen molar-refractivity contribution < 1.29 is 37.5 Å². The molecule has 2 aromatic carbocycles. The quantitative estimate of drug-likeness (QED) is 0.188. The van der Waals surface area contributed by atoms with Crippen molar-refractivity contribution in [2.24, 2.45) is 0 Å². The fourth-order valence-electron chi connectivity index (χ4n) is 4.04. The second-order valence-electron chi connectivity index (χ2n) is 9.29. The Morgan fingerprint density at radius 3 is 2.17 bits per heavy atom. The zero-order chi connectivity index (χ0) is 30.8. The van der Waals surface area contributed by atoms with E-state index in [1.54, 1.807) is 31.2 Å². The van der Waals surface area contributed by atoms with E-state index < -0.39 is 36.3 Å². The number of thiophene rings is 1. The number of hydroxylamine groups is 1. The Hall–Kier alpha value is -4.07. The van der Waals surface area contributed by atoms with Crippen molar-refractivity contribution in [3.63, 3.8) is 0 Å². The second kappa shape index (κ2) is 15.2. The minimum atomic E-state index is -0.863. The Kier molecular flexibility index (Phi) is 11.8. The van der Waals surface area contributed by atoms with Crippen LogP contribution in [0.5, 0.6) is 0 Å². The lowest BCUT2D eigenvalue weighted by Gasteiger charge is -2.23. The monoisotopic (exact) mass is 604 g/mol. The van der Waals surface area contributed by atoms with Crippen molar-refractivity contribution in [1.29, 1.82) is 0 Å². The van der Waals surface area contributed by atoms with Crippen LogP contribution in [0.3, 0.4) is 0 Å². The number of carbonyl (C=O) groups excluding carboxylic acids is 3. The third-order valence-electron chi connectivity index (χ3n) is 5.82. The molecule has 0 spiro atoms. The normalized spacial score (nSPS) is 10.9. The molecule has 0 aliphatic heterocycles. The predicted octanol–water partition coefficient (Wildman–Crippen LogP) is 6.17. The number of ether oxygens (including phenoxy) is 2. The minimum Gasteiger partial charge on any atom is -0.462 e. The first-order valence-electron chi connectivity index (χ1n) is 13.2. The maximum Gasteiger partial charge on any atom is 0.415 e.